The van der Waals surface area contributed by atoms with Crippen molar-refractivity contribution < 1.29 is 13.6 Å². The molecule has 2 N–H and O–H groups in total. The molecule has 0 saturated carbocycles. The van der Waals surface area contributed by atoms with Gasteiger partial charge in [0, 0.05) is 11.1 Å². The Hall–Kier alpha value is -1.23. The van der Waals surface area contributed by atoms with Crippen LogP contribution >= 0.6 is 11.6 Å². The number of hydrogen-bond acceptors (Lipinski definition) is 3. The summed E-state index contributed by atoms with van der Waals surface area (Å²) in [6, 6.07) is 0.977. The Labute approximate surface area is 83.9 Å². The van der Waals surface area contributed by atoms with Crippen molar-refractivity contribution >= 4 is 23.7 Å². The molecule has 0 bridgehead atoms. The molecule has 14 heavy (non-hydrogen) atoms. The third-order valence-electron chi connectivity index (χ3n) is 1.67. The molecule has 0 aliphatic heterocycles. The molecule has 0 aliphatic carbocycles. The maximum atomic E-state index is 12.4. The number of nitrogens with two attached hydrogens (primary N) is 1. The van der Waals surface area contributed by atoms with Crippen molar-refractivity contribution in [3.05, 3.63) is 22.9 Å². The minimum Gasteiger partial charge on any atom is -0.384 e. The fraction of sp³-hybridized carbons (Fsp3) is 0.250. The molecule has 0 atom stereocenters. The monoisotopic (exact) mass is 220 g/mol. The molecule has 0 radical (unpaired) electrons. The number of pyridine rings is 1. The second-order valence-corrected chi connectivity index (χ2v) is 2.82. The molecule has 0 fully saturated rings. The van der Waals surface area contributed by atoms with Crippen molar-refractivity contribution in [2.75, 3.05) is 5.73 Å². The molecule has 6 heteroatoms. The highest BCUT2D eigenvalue weighted by Crippen LogP contribution is 2.25. The molecule has 0 aliphatic rings. The third kappa shape index (κ3) is 1.98. The molecule has 1 heterocycles. The zero-order chi connectivity index (χ0) is 10.7. The first kappa shape index (κ1) is 10.8. The van der Waals surface area contributed by atoms with Crippen molar-refractivity contribution in [1.82, 2.24) is 4.98 Å². The van der Waals surface area contributed by atoms with Crippen LogP contribution in [0.2, 0.25) is 0 Å². The van der Waals surface area contributed by atoms with Crippen LogP contribution in [0.4, 0.5) is 14.6 Å². The Morgan fingerprint density at radius 2 is 2.29 bits per heavy atom. The van der Waals surface area contributed by atoms with Gasteiger partial charge in [0.25, 0.3) is 6.43 Å². The van der Waals surface area contributed by atoms with E-state index < -0.39 is 12.0 Å². The zero-order valence-electron chi connectivity index (χ0n) is 7.01. The van der Waals surface area contributed by atoms with E-state index in [2.05, 4.69) is 4.98 Å². The summed E-state index contributed by atoms with van der Waals surface area (Å²) in [6.07, 6.45) is -2.45. The van der Waals surface area contributed by atoms with Gasteiger partial charge in [-0.15, -0.1) is 11.6 Å². The standard InChI is InChI=1S/C8H7ClF2N2O/c9-2-6-5(3-14)4(8(10)11)1-7(12)13-6/h1,3,8H,2H2,(H2,12,13). The quantitative estimate of drug-likeness (QED) is 0.627. The van der Waals surface area contributed by atoms with Gasteiger partial charge in [-0.25, -0.2) is 13.8 Å². The summed E-state index contributed by atoms with van der Waals surface area (Å²) in [5, 5.41) is 0. The van der Waals surface area contributed by atoms with Crippen LogP contribution in [-0.2, 0) is 5.88 Å². The molecule has 3 nitrogen and oxygen atoms in total. The number of aromatic nitrogens is 1. The Balaban J connectivity index is 3.39. The van der Waals surface area contributed by atoms with E-state index in [4.69, 9.17) is 17.3 Å². The number of nitrogens with zero attached hydrogens (tertiary/aromatic N) is 1. The number of nitrogen functional groups attached to an aromatic ring is 1. The molecule has 76 valence electrons. The van der Waals surface area contributed by atoms with Crippen LogP contribution in [0, 0.1) is 0 Å². The van der Waals surface area contributed by atoms with Crippen molar-refractivity contribution in [2.24, 2.45) is 0 Å². The largest absolute Gasteiger partial charge is 0.384 e. The molecule has 0 saturated heterocycles. The predicted octanol–water partition coefficient (Wildman–Crippen LogP) is 2.15. The van der Waals surface area contributed by atoms with Crippen LogP contribution < -0.4 is 5.73 Å². The highest BCUT2D eigenvalue weighted by molar-refractivity contribution is 6.17. The average Bonchev–Trinajstić information content (AvgIpc) is 2.16. The molecule has 1 aromatic heterocycles. The van der Waals surface area contributed by atoms with E-state index >= 15 is 0 Å². The molecule has 0 spiro atoms. The van der Waals surface area contributed by atoms with E-state index in [9.17, 15) is 13.6 Å². The summed E-state index contributed by atoms with van der Waals surface area (Å²) >= 11 is 5.44. The van der Waals surface area contributed by atoms with E-state index in [-0.39, 0.29) is 23.0 Å². The molecule has 0 aromatic carbocycles. The number of alkyl halides is 3. The highest BCUT2D eigenvalue weighted by atomic mass is 35.5. The number of halogens is 3. The van der Waals surface area contributed by atoms with Gasteiger partial charge in [0.2, 0.25) is 0 Å². The SMILES string of the molecule is Nc1cc(C(F)F)c(C=O)c(CCl)n1. The first-order chi connectivity index (χ1) is 6.60. The van der Waals surface area contributed by atoms with Gasteiger partial charge in [-0.2, -0.15) is 0 Å². The number of rotatable bonds is 3. The van der Waals surface area contributed by atoms with Gasteiger partial charge >= 0.3 is 0 Å². The molecule has 0 amide bonds. The minimum absolute atomic E-state index is 0.0680. The zero-order valence-corrected chi connectivity index (χ0v) is 7.76. The molecule has 1 aromatic rings. The second kappa shape index (κ2) is 4.32. The lowest BCUT2D eigenvalue weighted by molar-refractivity contribution is 0.110. The third-order valence-corrected chi connectivity index (χ3v) is 1.92. The normalized spacial score (nSPS) is 10.6. The van der Waals surface area contributed by atoms with Crippen molar-refractivity contribution in [3.63, 3.8) is 0 Å². The number of hydrogen-bond donors (Lipinski definition) is 1. The van der Waals surface area contributed by atoms with Gasteiger partial charge in [0.05, 0.1) is 11.6 Å². The van der Waals surface area contributed by atoms with Gasteiger partial charge in [0.15, 0.2) is 6.29 Å². The van der Waals surface area contributed by atoms with E-state index in [1.807, 2.05) is 0 Å². The molecular formula is C8H7ClF2N2O. The fourth-order valence-electron chi connectivity index (χ4n) is 1.07. The lowest BCUT2D eigenvalue weighted by Crippen LogP contribution is -2.04. The summed E-state index contributed by atoms with van der Waals surface area (Å²) in [7, 11) is 0. The smallest absolute Gasteiger partial charge is 0.264 e. The first-order valence-electron chi connectivity index (χ1n) is 3.68. The van der Waals surface area contributed by atoms with Gasteiger partial charge in [-0.3, -0.25) is 4.79 Å². The summed E-state index contributed by atoms with van der Waals surface area (Å²) in [6.45, 7) is 0. The van der Waals surface area contributed by atoms with Crippen LogP contribution in [0.3, 0.4) is 0 Å². The maximum absolute atomic E-state index is 12.4. The molecule has 1 rings (SSSR count). The number of anilines is 1. The molecule has 0 unspecified atom stereocenters. The topological polar surface area (TPSA) is 56.0 Å². The van der Waals surface area contributed by atoms with Crippen LogP contribution in [-0.4, -0.2) is 11.3 Å². The van der Waals surface area contributed by atoms with Gasteiger partial charge in [0.1, 0.15) is 5.82 Å². The second-order valence-electron chi connectivity index (χ2n) is 2.55. The van der Waals surface area contributed by atoms with E-state index in [1.165, 1.54) is 0 Å². The predicted molar refractivity (Wildman–Crippen MR) is 48.6 cm³/mol. The lowest BCUT2D eigenvalue weighted by Gasteiger charge is -2.08. The minimum atomic E-state index is -2.76. The Kier molecular flexibility index (Phi) is 3.35. The van der Waals surface area contributed by atoms with Gasteiger partial charge < -0.3 is 5.73 Å². The van der Waals surface area contributed by atoms with Crippen LogP contribution in [0.15, 0.2) is 6.07 Å². The average molecular weight is 221 g/mol. The maximum Gasteiger partial charge on any atom is 0.264 e. The van der Waals surface area contributed by atoms with Crippen molar-refractivity contribution in [1.29, 1.82) is 0 Å². The Bertz CT molecular complexity index is 357. The van der Waals surface area contributed by atoms with Crippen LogP contribution in [0.25, 0.3) is 0 Å². The highest BCUT2D eigenvalue weighted by Gasteiger charge is 2.17. The van der Waals surface area contributed by atoms with Crippen molar-refractivity contribution in [3.8, 4) is 0 Å². The van der Waals surface area contributed by atoms with E-state index in [1.54, 1.807) is 0 Å². The number of carbonyl (C=O) groups is 1. The Morgan fingerprint density at radius 3 is 2.71 bits per heavy atom. The Morgan fingerprint density at radius 1 is 1.64 bits per heavy atom. The number of carbonyl (C=O) groups excluding carboxylic acids is 1. The summed E-state index contributed by atoms with van der Waals surface area (Å²) in [4.78, 5) is 14.2. The summed E-state index contributed by atoms with van der Waals surface area (Å²) in [5.74, 6) is -0.194. The van der Waals surface area contributed by atoms with E-state index in [0.29, 0.717) is 6.29 Å². The van der Waals surface area contributed by atoms with Gasteiger partial charge in [-0.05, 0) is 6.07 Å². The summed E-state index contributed by atoms with van der Waals surface area (Å²) < 4.78 is 24.9. The number of aldehydes is 1. The lowest BCUT2D eigenvalue weighted by atomic mass is 10.1. The van der Waals surface area contributed by atoms with Crippen LogP contribution in [0.1, 0.15) is 28.0 Å². The fourth-order valence-corrected chi connectivity index (χ4v) is 1.27. The van der Waals surface area contributed by atoms with Gasteiger partial charge in [-0.1, -0.05) is 0 Å². The molecular weight excluding hydrogens is 214 g/mol. The summed E-state index contributed by atoms with van der Waals surface area (Å²) in [5.41, 5.74) is 4.75. The first-order valence-corrected chi connectivity index (χ1v) is 4.22. The van der Waals surface area contributed by atoms with Crippen molar-refractivity contribution in [2.45, 2.75) is 12.3 Å². The van der Waals surface area contributed by atoms with E-state index in [0.717, 1.165) is 6.07 Å². The van der Waals surface area contributed by atoms with Crippen LogP contribution in [0.5, 0.6) is 0 Å².